The third kappa shape index (κ3) is 4.04. The zero-order valence-electron chi connectivity index (χ0n) is 13.3. The summed E-state index contributed by atoms with van der Waals surface area (Å²) in [5.74, 6) is 0. The van der Waals surface area contributed by atoms with E-state index in [0.29, 0.717) is 11.4 Å². The molecule has 20 heavy (non-hydrogen) atoms. The molecule has 0 aliphatic rings. The molecule has 1 aromatic rings. The topological polar surface area (TPSA) is 58.2 Å². The molecular weight excluding hydrogens is 272 g/mol. The van der Waals surface area contributed by atoms with Crippen LogP contribution in [-0.2, 0) is 16.6 Å². The molecule has 0 fully saturated rings. The highest BCUT2D eigenvalue weighted by atomic mass is 32.2. The van der Waals surface area contributed by atoms with E-state index in [0.717, 1.165) is 23.1 Å². The third-order valence-corrected chi connectivity index (χ3v) is 5.47. The highest BCUT2D eigenvalue weighted by Crippen LogP contribution is 2.23. The number of hydrogen-bond acceptors (Lipinski definition) is 3. The average molecular weight is 298 g/mol. The molecule has 1 aromatic carbocycles. The smallest absolute Gasteiger partial charge is 0.241 e. The zero-order valence-corrected chi connectivity index (χ0v) is 14.1. The molecule has 1 rings (SSSR count). The molecule has 0 aliphatic carbocycles. The van der Waals surface area contributed by atoms with Crippen molar-refractivity contribution < 1.29 is 8.42 Å². The Kier molecular flexibility index (Phi) is 5.35. The number of benzene rings is 1. The van der Waals surface area contributed by atoms with Gasteiger partial charge in [0.2, 0.25) is 10.0 Å². The highest BCUT2D eigenvalue weighted by molar-refractivity contribution is 7.89. The first kappa shape index (κ1) is 17.1. The van der Waals surface area contributed by atoms with Crippen LogP contribution in [0.4, 0.5) is 0 Å². The third-order valence-electron chi connectivity index (χ3n) is 3.64. The van der Waals surface area contributed by atoms with E-state index in [1.54, 1.807) is 6.07 Å². The first-order valence-corrected chi connectivity index (χ1v) is 8.40. The van der Waals surface area contributed by atoms with E-state index in [1.807, 2.05) is 47.7 Å². The molecular formula is C15H26N2O2S. The van der Waals surface area contributed by atoms with Gasteiger partial charge in [-0.15, -0.1) is 0 Å². The van der Waals surface area contributed by atoms with Crippen LogP contribution in [0.5, 0.6) is 0 Å². The van der Waals surface area contributed by atoms with Crippen LogP contribution in [0.15, 0.2) is 17.0 Å². The maximum atomic E-state index is 12.6. The predicted molar refractivity (Wildman–Crippen MR) is 83.4 cm³/mol. The fourth-order valence-electron chi connectivity index (χ4n) is 1.98. The van der Waals surface area contributed by atoms with Crippen LogP contribution < -0.4 is 10.0 Å². The Morgan fingerprint density at radius 3 is 2.30 bits per heavy atom. The molecule has 0 aliphatic heterocycles. The van der Waals surface area contributed by atoms with Gasteiger partial charge in [-0.3, -0.25) is 0 Å². The average Bonchev–Trinajstić information content (AvgIpc) is 2.32. The molecule has 5 heteroatoms. The molecule has 114 valence electrons. The molecule has 0 saturated carbocycles. The van der Waals surface area contributed by atoms with Crippen molar-refractivity contribution in [2.75, 3.05) is 7.05 Å². The summed E-state index contributed by atoms with van der Waals surface area (Å²) in [4.78, 5) is 0.379. The first-order valence-electron chi connectivity index (χ1n) is 6.91. The van der Waals surface area contributed by atoms with Gasteiger partial charge in [-0.1, -0.05) is 13.0 Å². The lowest BCUT2D eigenvalue weighted by atomic mass is 10.0. The van der Waals surface area contributed by atoms with Crippen LogP contribution in [0.25, 0.3) is 0 Å². The lowest BCUT2D eigenvalue weighted by molar-refractivity contribution is 0.439. The maximum absolute atomic E-state index is 12.6. The summed E-state index contributed by atoms with van der Waals surface area (Å²) < 4.78 is 28.0. The quantitative estimate of drug-likeness (QED) is 0.848. The summed E-state index contributed by atoms with van der Waals surface area (Å²) in [6, 6.07) is 3.78. The Hall–Kier alpha value is -0.910. The molecule has 0 unspecified atom stereocenters. The molecule has 2 N–H and O–H groups in total. The lowest BCUT2D eigenvalue weighted by Gasteiger charge is -2.25. The maximum Gasteiger partial charge on any atom is 0.241 e. The molecule has 0 radical (unpaired) electrons. The number of sulfonamides is 1. The van der Waals surface area contributed by atoms with Gasteiger partial charge in [0.1, 0.15) is 0 Å². The Labute approximate surface area is 123 Å². The summed E-state index contributed by atoms with van der Waals surface area (Å²) in [5.41, 5.74) is 2.33. The Morgan fingerprint density at radius 2 is 1.80 bits per heavy atom. The fourth-order valence-corrected chi connectivity index (χ4v) is 3.83. The molecule has 0 bridgehead atoms. The summed E-state index contributed by atoms with van der Waals surface area (Å²) in [6.07, 6.45) is 0.737. The number of nitrogens with one attached hydrogen (secondary N) is 2. The van der Waals surface area contributed by atoms with Crippen molar-refractivity contribution in [2.45, 2.75) is 58.0 Å². The summed E-state index contributed by atoms with van der Waals surface area (Å²) in [7, 11) is -1.65. The second-order valence-corrected chi connectivity index (χ2v) is 7.56. The van der Waals surface area contributed by atoms with Gasteiger partial charge in [-0.05, 0) is 63.9 Å². The molecule has 0 spiro atoms. The summed E-state index contributed by atoms with van der Waals surface area (Å²) in [5, 5.41) is 3.05. The van der Waals surface area contributed by atoms with E-state index in [-0.39, 0.29) is 0 Å². The van der Waals surface area contributed by atoms with Crippen molar-refractivity contribution in [3.63, 3.8) is 0 Å². The molecule has 0 saturated heterocycles. The standard InChI is InChI=1S/C15H26N2O2S/c1-7-15(4,5)17-20(18,19)14-9-13(10-16-6)8-11(2)12(14)3/h8-9,16-17H,7,10H2,1-6H3. The zero-order chi connectivity index (χ0) is 15.6. The van der Waals surface area contributed by atoms with E-state index in [9.17, 15) is 8.42 Å². The van der Waals surface area contributed by atoms with Crippen LogP contribution in [-0.4, -0.2) is 21.0 Å². The number of aryl methyl sites for hydroxylation is 1. The van der Waals surface area contributed by atoms with Gasteiger partial charge in [-0.25, -0.2) is 13.1 Å². The van der Waals surface area contributed by atoms with Crippen LogP contribution in [0.1, 0.15) is 43.9 Å². The van der Waals surface area contributed by atoms with Crippen molar-refractivity contribution in [3.05, 3.63) is 28.8 Å². The van der Waals surface area contributed by atoms with Gasteiger partial charge < -0.3 is 5.32 Å². The molecule has 0 amide bonds. The van der Waals surface area contributed by atoms with Gasteiger partial charge in [0.25, 0.3) is 0 Å². The Bertz CT molecular complexity index is 578. The number of hydrogen-bond donors (Lipinski definition) is 2. The molecule has 0 atom stereocenters. The summed E-state index contributed by atoms with van der Waals surface area (Å²) >= 11 is 0. The molecule has 0 aromatic heterocycles. The second-order valence-electron chi connectivity index (χ2n) is 5.91. The van der Waals surface area contributed by atoms with E-state index in [2.05, 4.69) is 10.0 Å². The SMILES string of the molecule is CCC(C)(C)NS(=O)(=O)c1cc(CNC)cc(C)c1C. The second kappa shape index (κ2) is 6.24. The normalized spacial score (nSPS) is 12.7. The van der Waals surface area contributed by atoms with Crippen LogP contribution in [0.2, 0.25) is 0 Å². The lowest BCUT2D eigenvalue weighted by Crippen LogP contribution is -2.42. The minimum Gasteiger partial charge on any atom is -0.316 e. The Morgan fingerprint density at radius 1 is 1.20 bits per heavy atom. The Balaban J connectivity index is 3.30. The molecule has 4 nitrogen and oxygen atoms in total. The van der Waals surface area contributed by atoms with Gasteiger partial charge in [0, 0.05) is 12.1 Å². The van der Waals surface area contributed by atoms with Crippen LogP contribution in [0.3, 0.4) is 0 Å². The minimum atomic E-state index is -3.50. The monoisotopic (exact) mass is 298 g/mol. The van der Waals surface area contributed by atoms with Crippen LogP contribution in [0, 0.1) is 13.8 Å². The first-order chi connectivity index (χ1) is 9.13. The minimum absolute atomic E-state index is 0.379. The molecule has 0 heterocycles. The summed E-state index contributed by atoms with van der Waals surface area (Å²) in [6.45, 7) is 10.2. The van der Waals surface area contributed by atoms with Crippen molar-refractivity contribution in [1.82, 2.24) is 10.0 Å². The van der Waals surface area contributed by atoms with Crippen molar-refractivity contribution in [1.29, 1.82) is 0 Å². The van der Waals surface area contributed by atoms with E-state index in [1.165, 1.54) is 0 Å². The van der Waals surface area contributed by atoms with E-state index in [4.69, 9.17) is 0 Å². The van der Waals surface area contributed by atoms with Crippen LogP contribution >= 0.6 is 0 Å². The van der Waals surface area contributed by atoms with Gasteiger partial charge >= 0.3 is 0 Å². The number of rotatable bonds is 6. The van der Waals surface area contributed by atoms with Gasteiger partial charge in [0.15, 0.2) is 0 Å². The van der Waals surface area contributed by atoms with Gasteiger partial charge in [-0.2, -0.15) is 0 Å². The van der Waals surface area contributed by atoms with Crippen molar-refractivity contribution in [2.24, 2.45) is 0 Å². The highest BCUT2D eigenvalue weighted by Gasteiger charge is 2.26. The van der Waals surface area contributed by atoms with Crippen molar-refractivity contribution in [3.8, 4) is 0 Å². The predicted octanol–water partition coefficient (Wildman–Crippen LogP) is 2.49. The fraction of sp³-hybridized carbons (Fsp3) is 0.600. The largest absolute Gasteiger partial charge is 0.316 e. The van der Waals surface area contributed by atoms with Crippen molar-refractivity contribution >= 4 is 10.0 Å². The van der Waals surface area contributed by atoms with E-state index < -0.39 is 15.6 Å². The van der Waals surface area contributed by atoms with Gasteiger partial charge in [0.05, 0.1) is 4.90 Å². The van der Waals surface area contributed by atoms with E-state index >= 15 is 0 Å².